The number of rotatable bonds is 2. The Morgan fingerprint density at radius 2 is 1.95 bits per heavy atom. The number of esters is 1. The van der Waals surface area contributed by atoms with E-state index in [2.05, 4.69) is 9.72 Å². The maximum absolute atomic E-state index is 13.8. The Hall–Kier alpha value is -1.71. The predicted molar refractivity (Wildman–Crippen MR) is 78.7 cm³/mol. The Morgan fingerprint density at radius 1 is 1.27 bits per heavy atom. The van der Waals surface area contributed by atoms with Crippen molar-refractivity contribution in [2.45, 2.75) is 6.18 Å². The molecule has 0 aliphatic carbocycles. The molecule has 3 nitrogen and oxygen atoms in total. The van der Waals surface area contributed by atoms with Crippen molar-refractivity contribution in [1.29, 1.82) is 0 Å². The van der Waals surface area contributed by atoms with Crippen LogP contribution in [0.1, 0.15) is 16.1 Å². The van der Waals surface area contributed by atoms with Gasteiger partial charge in [0.2, 0.25) is 0 Å². The average Bonchev–Trinajstić information content (AvgIpc) is 2.45. The minimum absolute atomic E-state index is 0.0132. The molecular formula is C14H8F4INO2. The van der Waals surface area contributed by atoms with E-state index in [-0.39, 0.29) is 16.8 Å². The molecule has 0 saturated carbocycles. The van der Waals surface area contributed by atoms with E-state index in [1.54, 1.807) is 22.6 Å². The summed E-state index contributed by atoms with van der Waals surface area (Å²) in [6.45, 7) is 0. The van der Waals surface area contributed by atoms with Crippen molar-refractivity contribution in [2.75, 3.05) is 7.11 Å². The first-order valence-corrected chi connectivity index (χ1v) is 6.93. The molecular weight excluding hydrogens is 417 g/mol. The molecule has 0 atom stereocenters. The lowest BCUT2D eigenvalue weighted by Gasteiger charge is -2.11. The number of carbonyl (C=O) groups excluding carboxylic acids is 1. The molecule has 0 bridgehead atoms. The summed E-state index contributed by atoms with van der Waals surface area (Å²) >= 11 is 1.78. The van der Waals surface area contributed by atoms with Crippen LogP contribution in [0.15, 0.2) is 30.5 Å². The van der Waals surface area contributed by atoms with Crippen LogP contribution in [-0.4, -0.2) is 18.1 Å². The van der Waals surface area contributed by atoms with Gasteiger partial charge in [0.25, 0.3) is 0 Å². The number of carbonyl (C=O) groups is 1. The highest BCUT2D eigenvalue weighted by Crippen LogP contribution is 2.34. The first-order valence-electron chi connectivity index (χ1n) is 5.85. The van der Waals surface area contributed by atoms with Gasteiger partial charge in [-0.3, -0.25) is 0 Å². The molecule has 0 aliphatic heterocycles. The van der Waals surface area contributed by atoms with Crippen LogP contribution in [0.2, 0.25) is 0 Å². The first-order chi connectivity index (χ1) is 10.2. The molecule has 1 aromatic carbocycles. The van der Waals surface area contributed by atoms with Gasteiger partial charge in [0.1, 0.15) is 5.82 Å². The molecule has 0 fully saturated rings. The third-order valence-electron chi connectivity index (χ3n) is 2.82. The van der Waals surface area contributed by atoms with Crippen molar-refractivity contribution in [3.63, 3.8) is 0 Å². The summed E-state index contributed by atoms with van der Waals surface area (Å²) in [6.07, 6.45) is -3.44. The zero-order chi connectivity index (χ0) is 16.5. The Balaban J connectivity index is 2.53. The number of pyridine rings is 1. The van der Waals surface area contributed by atoms with E-state index in [0.29, 0.717) is 15.7 Å². The van der Waals surface area contributed by atoms with Crippen LogP contribution in [0.5, 0.6) is 0 Å². The van der Waals surface area contributed by atoms with E-state index < -0.39 is 23.5 Å². The molecule has 116 valence electrons. The van der Waals surface area contributed by atoms with Crippen LogP contribution >= 0.6 is 22.6 Å². The Kier molecular flexibility index (Phi) is 4.69. The molecule has 2 rings (SSSR count). The van der Waals surface area contributed by atoms with E-state index in [1.165, 1.54) is 13.2 Å². The molecule has 0 spiro atoms. The van der Waals surface area contributed by atoms with Gasteiger partial charge in [-0.05, 0) is 46.9 Å². The van der Waals surface area contributed by atoms with E-state index in [4.69, 9.17) is 0 Å². The van der Waals surface area contributed by atoms with E-state index >= 15 is 0 Å². The topological polar surface area (TPSA) is 39.2 Å². The summed E-state index contributed by atoms with van der Waals surface area (Å²) < 4.78 is 56.8. The maximum atomic E-state index is 13.8. The lowest BCUT2D eigenvalue weighted by atomic mass is 10.0. The van der Waals surface area contributed by atoms with Crippen molar-refractivity contribution in [2.24, 2.45) is 0 Å². The summed E-state index contributed by atoms with van der Waals surface area (Å²) in [4.78, 5) is 15.3. The highest BCUT2D eigenvalue weighted by molar-refractivity contribution is 14.1. The molecule has 8 heteroatoms. The van der Waals surface area contributed by atoms with Gasteiger partial charge >= 0.3 is 12.1 Å². The van der Waals surface area contributed by atoms with Crippen LogP contribution < -0.4 is 0 Å². The van der Waals surface area contributed by atoms with E-state index in [9.17, 15) is 22.4 Å². The van der Waals surface area contributed by atoms with Gasteiger partial charge in [0, 0.05) is 20.9 Å². The van der Waals surface area contributed by atoms with E-state index in [1.807, 2.05) is 0 Å². The van der Waals surface area contributed by atoms with Gasteiger partial charge in [-0.25, -0.2) is 14.2 Å². The molecule has 0 amide bonds. The standard InChI is InChI=1S/C14H8F4INO2/c1-22-13(21)12-11(19)4-7(6-20-12)9-5-8(14(16,17)18)2-3-10(9)15/h2-6H,1H3. The molecule has 0 radical (unpaired) electrons. The third-order valence-corrected chi connectivity index (χ3v) is 3.65. The SMILES string of the molecule is COC(=O)c1ncc(-c2cc(C(F)(F)F)ccc2F)cc1I. The minimum atomic E-state index is -4.57. The normalized spacial score (nSPS) is 11.4. The summed E-state index contributed by atoms with van der Waals surface area (Å²) in [5.41, 5.74) is -1.05. The predicted octanol–water partition coefficient (Wildman–Crippen LogP) is 4.30. The van der Waals surface area contributed by atoms with Crippen molar-refractivity contribution in [3.05, 3.63) is 51.1 Å². The van der Waals surface area contributed by atoms with Gasteiger partial charge in [0.15, 0.2) is 5.69 Å². The fraction of sp³-hybridized carbons (Fsp3) is 0.143. The second-order valence-corrected chi connectivity index (χ2v) is 5.40. The number of nitrogens with zero attached hydrogens (tertiary/aromatic N) is 1. The number of benzene rings is 1. The van der Waals surface area contributed by atoms with Crippen molar-refractivity contribution in [1.82, 2.24) is 4.98 Å². The molecule has 0 unspecified atom stereocenters. The summed E-state index contributed by atoms with van der Waals surface area (Å²) in [7, 11) is 1.18. The highest BCUT2D eigenvalue weighted by atomic mass is 127. The van der Waals surface area contributed by atoms with Gasteiger partial charge in [-0.1, -0.05) is 0 Å². The average molecular weight is 425 g/mol. The zero-order valence-corrected chi connectivity index (χ0v) is 13.2. The number of alkyl halides is 3. The minimum Gasteiger partial charge on any atom is -0.464 e. The van der Waals surface area contributed by atoms with Gasteiger partial charge in [-0.15, -0.1) is 0 Å². The Morgan fingerprint density at radius 3 is 2.50 bits per heavy atom. The van der Waals surface area contributed by atoms with Gasteiger partial charge < -0.3 is 4.74 Å². The maximum Gasteiger partial charge on any atom is 0.416 e. The second-order valence-electron chi connectivity index (χ2n) is 4.24. The highest BCUT2D eigenvalue weighted by Gasteiger charge is 2.31. The summed E-state index contributed by atoms with van der Waals surface area (Å²) in [6, 6.07) is 3.50. The Bertz CT molecular complexity index is 731. The van der Waals surface area contributed by atoms with Gasteiger partial charge in [-0.2, -0.15) is 13.2 Å². The number of ether oxygens (including phenoxy) is 1. The van der Waals surface area contributed by atoms with Crippen LogP contribution in [0.3, 0.4) is 0 Å². The first kappa shape index (κ1) is 16.7. The second kappa shape index (κ2) is 6.19. The summed E-state index contributed by atoms with van der Waals surface area (Å²) in [5.74, 6) is -1.49. The molecule has 0 saturated heterocycles. The van der Waals surface area contributed by atoms with Crippen LogP contribution in [0.25, 0.3) is 11.1 Å². The third kappa shape index (κ3) is 3.37. The smallest absolute Gasteiger partial charge is 0.416 e. The monoisotopic (exact) mass is 425 g/mol. The molecule has 1 aromatic heterocycles. The molecule has 0 N–H and O–H groups in total. The number of hydrogen-bond acceptors (Lipinski definition) is 3. The molecule has 22 heavy (non-hydrogen) atoms. The quantitative estimate of drug-likeness (QED) is 0.410. The largest absolute Gasteiger partial charge is 0.464 e. The fourth-order valence-electron chi connectivity index (χ4n) is 1.75. The number of methoxy groups -OCH3 is 1. The van der Waals surface area contributed by atoms with Crippen LogP contribution in [-0.2, 0) is 10.9 Å². The van der Waals surface area contributed by atoms with E-state index in [0.717, 1.165) is 12.3 Å². The number of halogens is 5. The van der Waals surface area contributed by atoms with Crippen molar-refractivity contribution in [3.8, 4) is 11.1 Å². The zero-order valence-electron chi connectivity index (χ0n) is 11.0. The molecule has 1 heterocycles. The van der Waals surface area contributed by atoms with Crippen LogP contribution in [0, 0.1) is 9.39 Å². The molecule has 2 aromatic rings. The summed E-state index contributed by atoms with van der Waals surface area (Å²) in [5, 5.41) is 0. The van der Waals surface area contributed by atoms with Crippen LogP contribution in [0.4, 0.5) is 17.6 Å². The number of aromatic nitrogens is 1. The Labute approximate surface area is 136 Å². The lowest BCUT2D eigenvalue weighted by molar-refractivity contribution is -0.137. The van der Waals surface area contributed by atoms with Crippen molar-refractivity contribution < 1.29 is 27.1 Å². The molecule has 0 aliphatic rings. The lowest BCUT2D eigenvalue weighted by Crippen LogP contribution is -2.08. The van der Waals surface area contributed by atoms with Gasteiger partial charge in [0.05, 0.1) is 12.7 Å². The van der Waals surface area contributed by atoms with Crippen molar-refractivity contribution >= 4 is 28.6 Å². The fourth-order valence-corrected chi connectivity index (χ4v) is 2.45. The number of hydrogen-bond donors (Lipinski definition) is 0.